The zero-order valence-corrected chi connectivity index (χ0v) is 16.7. The normalized spacial score (nSPS) is 19.6. The van der Waals surface area contributed by atoms with E-state index in [1.54, 1.807) is 25.1 Å². The fourth-order valence-electron chi connectivity index (χ4n) is 4.11. The Kier molecular flexibility index (Phi) is 7.03. The van der Waals surface area contributed by atoms with E-state index in [4.69, 9.17) is 4.74 Å². The van der Waals surface area contributed by atoms with Crippen LogP contribution >= 0.6 is 0 Å². The predicted molar refractivity (Wildman–Crippen MR) is 106 cm³/mol. The van der Waals surface area contributed by atoms with Gasteiger partial charge >= 0.3 is 0 Å². The topological polar surface area (TPSA) is 9.23 Å². The van der Waals surface area contributed by atoms with Crippen molar-refractivity contribution in [2.24, 2.45) is 0 Å². The fourth-order valence-corrected chi connectivity index (χ4v) is 4.11. The van der Waals surface area contributed by atoms with Gasteiger partial charge < -0.3 is 4.74 Å². The maximum Gasteiger partial charge on any atom is 0.200 e. The van der Waals surface area contributed by atoms with Crippen molar-refractivity contribution in [1.29, 1.82) is 0 Å². The molecule has 1 fully saturated rings. The predicted octanol–water partition coefficient (Wildman–Crippen LogP) is 7.42. The van der Waals surface area contributed by atoms with Gasteiger partial charge in [0.05, 0.1) is 6.61 Å². The number of aryl methyl sites for hydroxylation is 1. The zero-order valence-electron chi connectivity index (χ0n) is 16.7. The van der Waals surface area contributed by atoms with Crippen LogP contribution in [0.3, 0.4) is 0 Å². The van der Waals surface area contributed by atoms with E-state index in [1.165, 1.54) is 0 Å². The fraction of sp³-hybridized carbons (Fsp3) is 0.500. The van der Waals surface area contributed by atoms with Crippen LogP contribution in [0, 0.1) is 24.4 Å². The molecule has 152 valence electrons. The molecule has 0 heterocycles. The monoisotopic (exact) mass is 390 g/mol. The Labute approximate surface area is 165 Å². The molecule has 2 aromatic rings. The summed E-state index contributed by atoms with van der Waals surface area (Å²) in [5.74, 6) is -1.56. The first-order chi connectivity index (χ1) is 13.5. The van der Waals surface area contributed by atoms with Gasteiger partial charge in [0.15, 0.2) is 11.6 Å². The van der Waals surface area contributed by atoms with E-state index in [9.17, 15) is 13.2 Å². The molecule has 1 nitrogen and oxygen atoms in total. The summed E-state index contributed by atoms with van der Waals surface area (Å²) in [5, 5.41) is 0. The quantitative estimate of drug-likeness (QED) is 0.447. The molecule has 0 bridgehead atoms. The molecule has 1 saturated carbocycles. The van der Waals surface area contributed by atoms with E-state index in [-0.39, 0.29) is 23.4 Å². The molecule has 2 aromatic carbocycles. The maximum absolute atomic E-state index is 14.6. The van der Waals surface area contributed by atoms with E-state index >= 15 is 0 Å². The second-order valence-corrected chi connectivity index (χ2v) is 7.89. The summed E-state index contributed by atoms with van der Waals surface area (Å²) >= 11 is 0. The van der Waals surface area contributed by atoms with Gasteiger partial charge in [-0.05, 0) is 79.7 Å². The van der Waals surface area contributed by atoms with Crippen LogP contribution in [0.5, 0.6) is 5.75 Å². The number of benzene rings is 2. The lowest BCUT2D eigenvalue weighted by Gasteiger charge is -2.29. The lowest BCUT2D eigenvalue weighted by atomic mass is 9.76. The molecule has 0 aliphatic heterocycles. The van der Waals surface area contributed by atoms with Crippen molar-refractivity contribution in [1.82, 2.24) is 0 Å². The summed E-state index contributed by atoms with van der Waals surface area (Å²) in [6.07, 6.45) is 6.14. The average molecular weight is 390 g/mol. The Morgan fingerprint density at radius 3 is 2.29 bits per heavy atom. The van der Waals surface area contributed by atoms with Gasteiger partial charge in [0.2, 0.25) is 5.82 Å². The number of rotatable bonds is 7. The molecular formula is C24H29F3O. The standard InChI is InChI=1S/C24H29F3O/c1-3-4-5-14-28-22-13-12-20(23(26)24(22)27)18-10-8-17(9-11-18)19-7-6-16(2)21(25)15-19/h6-7,12-13,15,17-18H,3-5,8-11,14H2,1-2H3. The highest BCUT2D eigenvalue weighted by Crippen LogP contribution is 2.42. The number of halogens is 3. The number of hydrogen-bond donors (Lipinski definition) is 0. The SMILES string of the molecule is CCCCCOc1ccc(C2CCC(c3ccc(C)c(F)c3)CC2)c(F)c1F. The van der Waals surface area contributed by atoms with Gasteiger partial charge in [0.1, 0.15) is 5.82 Å². The Bertz CT molecular complexity index is 795. The van der Waals surface area contributed by atoms with Crippen LogP contribution in [0.1, 0.15) is 80.4 Å². The average Bonchev–Trinajstić information content (AvgIpc) is 2.71. The van der Waals surface area contributed by atoms with Crippen molar-refractivity contribution in [2.75, 3.05) is 6.61 Å². The van der Waals surface area contributed by atoms with Crippen molar-refractivity contribution in [3.05, 3.63) is 64.5 Å². The summed E-state index contributed by atoms with van der Waals surface area (Å²) < 4.78 is 48.3. The van der Waals surface area contributed by atoms with Gasteiger partial charge in [-0.1, -0.05) is 38.0 Å². The molecule has 0 N–H and O–H groups in total. The molecule has 0 saturated heterocycles. The van der Waals surface area contributed by atoms with E-state index in [2.05, 4.69) is 6.92 Å². The highest BCUT2D eigenvalue weighted by molar-refractivity contribution is 5.34. The highest BCUT2D eigenvalue weighted by Gasteiger charge is 2.27. The molecule has 4 heteroatoms. The summed E-state index contributed by atoms with van der Waals surface area (Å²) in [6, 6.07) is 8.63. The minimum absolute atomic E-state index is 0.00108. The van der Waals surface area contributed by atoms with Gasteiger partial charge in [-0.25, -0.2) is 8.78 Å². The summed E-state index contributed by atoms with van der Waals surface area (Å²) in [7, 11) is 0. The summed E-state index contributed by atoms with van der Waals surface area (Å²) in [6.45, 7) is 4.24. The summed E-state index contributed by atoms with van der Waals surface area (Å²) in [5.41, 5.74) is 2.09. The van der Waals surface area contributed by atoms with Crippen molar-refractivity contribution < 1.29 is 17.9 Å². The largest absolute Gasteiger partial charge is 0.490 e. The smallest absolute Gasteiger partial charge is 0.200 e. The van der Waals surface area contributed by atoms with Crippen LogP contribution in [-0.4, -0.2) is 6.61 Å². The molecule has 1 aliphatic carbocycles. The van der Waals surface area contributed by atoms with Gasteiger partial charge in [-0.2, -0.15) is 4.39 Å². The van der Waals surface area contributed by atoms with Gasteiger partial charge in [0.25, 0.3) is 0 Å². The highest BCUT2D eigenvalue weighted by atomic mass is 19.2. The van der Waals surface area contributed by atoms with E-state index in [0.29, 0.717) is 17.7 Å². The Morgan fingerprint density at radius 2 is 1.61 bits per heavy atom. The van der Waals surface area contributed by atoms with Crippen LogP contribution in [0.2, 0.25) is 0 Å². The minimum atomic E-state index is -0.878. The maximum atomic E-state index is 14.6. The minimum Gasteiger partial charge on any atom is -0.490 e. The van der Waals surface area contributed by atoms with E-state index in [1.807, 2.05) is 12.1 Å². The molecule has 0 aromatic heterocycles. The molecule has 0 spiro atoms. The first-order valence-electron chi connectivity index (χ1n) is 10.4. The van der Waals surface area contributed by atoms with Crippen LogP contribution < -0.4 is 4.74 Å². The third-order valence-electron chi connectivity index (χ3n) is 5.92. The third-order valence-corrected chi connectivity index (χ3v) is 5.92. The van der Waals surface area contributed by atoms with Crippen LogP contribution in [-0.2, 0) is 0 Å². The lowest BCUT2D eigenvalue weighted by molar-refractivity contribution is 0.284. The number of ether oxygens (including phenoxy) is 1. The van der Waals surface area contributed by atoms with E-state index < -0.39 is 11.6 Å². The number of unbranched alkanes of at least 4 members (excludes halogenated alkanes) is 2. The molecule has 0 amide bonds. The third kappa shape index (κ3) is 4.71. The molecule has 0 atom stereocenters. The van der Waals surface area contributed by atoms with Crippen molar-refractivity contribution in [3.63, 3.8) is 0 Å². The van der Waals surface area contributed by atoms with Gasteiger partial charge in [0, 0.05) is 0 Å². The molecule has 0 radical (unpaired) electrons. The van der Waals surface area contributed by atoms with Crippen LogP contribution in [0.4, 0.5) is 13.2 Å². The van der Waals surface area contributed by atoms with Crippen LogP contribution in [0.15, 0.2) is 30.3 Å². The Hall–Kier alpha value is -1.97. The molecular weight excluding hydrogens is 361 g/mol. The lowest BCUT2D eigenvalue weighted by Crippen LogP contribution is -2.14. The van der Waals surface area contributed by atoms with E-state index in [0.717, 1.165) is 50.5 Å². The molecule has 3 rings (SSSR count). The first-order valence-corrected chi connectivity index (χ1v) is 10.4. The molecule has 0 unspecified atom stereocenters. The molecule has 1 aliphatic rings. The zero-order chi connectivity index (χ0) is 20.1. The van der Waals surface area contributed by atoms with Crippen LogP contribution in [0.25, 0.3) is 0 Å². The Morgan fingerprint density at radius 1 is 0.893 bits per heavy atom. The number of hydrogen-bond acceptors (Lipinski definition) is 1. The first kappa shape index (κ1) is 20.8. The van der Waals surface area contributed by atoms with Crippen molar-refractivity contribution >= 4 is 0 Å². The Balaban J connectivity index is 1.63. The molecule has 28 heavy (non-hydrogen) atoms. The second kappa shape index (κ2) is 9.49. The summed E-state index contributed by atoms with van der Waals surface area (Å²) in [4.78, 5) is 0. The van der Waals surface area contributed by atoms with Crippen molar-refractivity contribution in [3.8, 4) is 5.75 Å². The second-order valence-electron chi connectivity index (χ2n) is 7.89. The van der Waals surface area contributed by atoms with Gasteiger partial charge in [-0.3, -0.25) is 0 Å². The van der Waals surface area contributed by atoms with Crippen molar-refractivity contribution in [2.45, 2.75) is 70.6 Å². The van der Waals surface area contributed by atoms with Gasteiger partial charge in [-0.15, -0.1) is 0 Å².